The highest BCUT2D eigenvalue weighted by Gasteiger charge is 2.22. The SMILES string of the molecule is CN(C)C(=O)Nc1nnc(C2CCCN2)o1. The van der Waals surface area contributed by atoms with Crippen LogP contribution in [0.1, 0.15) is 24.8 Å². The van der Waals surface area contributed by atoms with Crippen molar-refractivity contribution in [2.24, 2.45) is 0 Å². The zero-order valence-electron chi connectivity index (χ0n) is 9.36. The third-order valence-corrected chi connectivity index (χ3v) is 2.42. The summed E-state index contributed by atoms with van der Waals surface area (Å²) in [5, 5.41) is 13.4. The van der Waals surface area contributed by atoms with Gasteiger partial charge in [-0.3, -0.25) is 5.32 Å². The smallest absolute Gasteiger partial charge is 0.324 e. The standard InChI is InChI=1S/C9H15N5O2/c1-14(2)9(15)11-8-13-12-7(16-8)6-4-3-5-10-6/h6,10H,3-5H2,1-2H3,(H,11,13,15). The number of nitrogens with zero attached hydrogens (tertiary/aromatic N) is 3. The van der Waals surface area contributed by atoms with E-state index in [0.717, 1.165) is 19.4 Å². The van der Waals surface area contributed by atoms with Gasteiger partial charge in [-0.2, -0.15) is 0 Å². The van der Waals surface area contributed by atoms with E-state index in [0.29, 0.717) is 5.89 Å². The predicted octanol–water partition coefficient (Wildman–Crippen LogP) is 0.588. The van der Waals surface area contributed by atoms with Gasteiger partial charge in [0, 0.05) is 14.1 Å². The molecule has 0 spiro atoms. The first kappa shape index (κ1) is 10.9. The first-order valence-electron chi connectivity index (χ1n) is 5.22. The fraction of sp³-hybridized carbons (Fsp3) is 0.667. The van der Waals surface area contributed by atoms with Crippen molar-refractivity contribution in [2.45, 2.75) is 18.9 Å². The summed E-state index contributed by atoms with van der Waals surface area (Å²) in [5.41, 5.74) is 0. The lowest BCUT2D eigenvalue weighted by Gasteiger charge is -2.08. The first-order chi connectivity index (χ1) is 7.66. The van der Waals surface area contributed by atoms with E-state index in [-0.39, 0.29) is 18.1 Å². The number of amides is 2. The summed E-state index contributed by atoms with van der Waals surface area (Å²) in [4.78, 5) is 12.7. The van der Waals surface area contributed by atoms with E-state index in [1.165, 1.54) is 4.90 Å². The van der Waals surface area contributed by atoms with Crippen LogP contribution in [-0.4, -0.2) is 41.8 Å². The number of carbonyl (C=O) groups excluding carboxylic acids is 1. The van der Waals surface area contributed by atoms with E-state index in [1.807, 2.05) is 0 Å². The van der Waals surface area contributed by atoms with Crippen LogP contribution >= 0.6 is 0 Å². The second kappa shape index (κ2) is 4.48. The van der Waals surface area contributed by atoms with Crippen LogP contribution in [0.2, 0.25) is 0 Å². The van der Waals surface area contributed by atoms with Crippen LogP contribution in [0.4, 0.5) is 10.8 Å². The number of urea groups is 1. The highest BCUT2D eigenvalue weighted by atomic mass is 16.4. The van der Waals surface area contributed by atoms with Crippen molar-refractivity contribution in [3.05, 3.63) is 5.89 Å². The number of carbonyl (C=O) groups is 1. The fourth-order valence-electron chi connectivity index (χ4n) is 1.52. The Labute approximate surface area is 93.2 Å². The first-order valence-corrected chi connectivity index (χ1v) is 5.22. The van der Waals surface area contributed by atoms with Gasteiger partial charge >= 0.3 is 12.0 Å². The van der Waals surface area contributed by atoms with E-state index in [9.17, 15) is 4.79 Å². The van der Waals surface area contributed by atoms with Crippen LogP contribution in [-0.2, 0) is 0 Å². The molecule has 1 aliphatic heterocycles. The molecular formula is C9H15N5O2. The Morgan fingerprint density at radius 1 is 1.56 bits per heavy atom. The molecule has 0 aliphatic carbocycles. The quantitative estimate of drug-likeness (QED) is 0.769. The van der Waals surface area contributed by atoms with E-state index < -0.39 is 0 Å². The molecule has 0 saturated carbocycles. The summed E-state index contributed by atoms with van der Waals surface area (Å²) in [5.74, 6) is 0.534. The summed E-state index contributed by atoms with van der Waals surface area (Å²) < 4.78 is 5.35. The van der Waals surface area contributed by atoms with Crippen molar-refractivity contribution >= 4 is 12.0 Å². The van der Waals surface area contributed by atoms with Crippen LogP contribution < -0.4 is 10.6 Å². The molecule has 1 aliphatic rings. The maximum atomic E-state index is 11.3. The topological polar surface area (TPSA) is 83.3 Å². The molecule has 1 fully saturated rings. The molecule has 88 valence electrons. The Morgan fingerprint density at radius 3 is 3.00 bits per heavy atom. The van der Waals surface area contributed by atoms with Gasteiger partial charge in [0.05, 0.1) is 6.04 Å². The van der Waals surface area contributed by atoms with Gasteiger partial charge in [0.15, 0.2) is 0 Å². The van der Waals surface area contributed by atoms with Crippen LogP contribution in [0.5, 0.6) is 0 Å². The molecule has 1 unspecified atom stereocenters. The summed E-state index contributed by atoms with van der Waals surface area (Å²) in [6.45, 7) is 0.965. The summed E-state index contributed by atoms with van der Waals surface area (Å²) >= 11 is 0. The number of aromatic nitrogens is 2. The Balaban J connectivity index is 1.99. The number of hydrogen-bond donors (Lipinski definition) is 2. The monoisotopic (exact) mass is 225 g/mol. The zero-order valence-corrected chi connectivity index (χ0v) is 9.36. The second-order valence-corrected chi connectivity index (χ2v) is 3.92. The minimum absolute atomic E-state index is 0.123. The average molecular weight is 225 g/mol. The molecule has 2 amide bonds. The third kappa shape index (κ3) is 2.30. The minimum Gasteiger partial charge on any atom is -0.406 e. The third-order valence-electron chi connectivity index (χ3n) is 2.42. The molecule has 1 aromatic heterocycles. The highest BCUT2D eigenvalue weighted by Crippen LogP contribution is 2.22. The van der Waals surface area contributed by atoms with Crippen molar-refractivity contribution in [3.8, 4) is 0 Å². The summed E-state index contributed by atoms with van der Waals surface area (Å²) in [6.07, 6.45) is 2.09. The van der Waals surface area contributed by atoms with E-state index in [2.05, 4.69) is 20.8 Å². The van der Waals surface area contributed by atoms with Crippen molar-refractivity contribution in [2.75, 3.05) is 26.0 Å². The van der Waals surface area contributed by atoms with Crippen LogP contribution in [0, 0.1) is 0 Å². The van der Waals surface area contributed by atoms with Gasteiger partial charge in [0.25, 0.3) is 0 Å². The molecular weight excluding hydrogens is 210 g/mol. The predicted molar refractivity (Wildman–Crippen MR) is 57.0 cm³/mol. The lowest BCUT2D eigenvalue weighted by atomic mass is 10.2. The zero-order chi connectivity index (χ0) is 11.5. The van der Waals surface area contributed by atoms with Gasteiger partial charge in [0.2, 0.25) is 5.89 Å². The molecule has 0 radical (unpaired) electrons. The Morgan fingerprint density at radius 2 is 2.38 bits per heavy atom. The van der Waals surface area contributed by atoms with Crippen molar-refractivity contribution in [1.29, 1.82) is 0 Å². The molecule has 1 saturated heterocycles. The van der Waals surface area contributed by atoms with Crippen LogP contribution in [0.15, 0.2) is 4.42 Å². The molecule has 2 heterocycles. The Bertz CT molecular complexity index is 370. The van der Waals surface area contributed by atoms with Crippen LogP contribution in [0.25, 0.3) is 0 Å². The maximum absolute atomic E-state index is 11.3. The average Bonchev–Trinajstić information content (AvgIpc) is 2.85. The molecule has 1 atom stereocenters. The van der Waals surface area contributed by atoms with Crippen molar-refractivity contribution in [3.63, 3.8) is 0 Å². The lowest BCUT2D eigenvalue weighted by Crippen LogP contribution is -2.27. The summed E-state index contributed by atoms with van der Waals surface area (Å²) in [7, 11) is 3.29. The Hall–Kier alpha value is -1.63. The van der Waals surface area contributed by atoms with E-state index in [1.54, 1.807) is 14.1 Å². The van der Waals surface area contributed by atoms with Gasteiger partial charge in [0.1, 0.15) is 0 Å². The van der Waals surface area contributed by atoms with Gasteiger partial charge in [-0.05, 0) is 19.4 Å². The largest absolute Gasteiger partial charge is 0.406 e. The molecule has 1 aromatic rings. The van der Waals surface area contributed by atoms with E-state index >= 15 is 0 Å². The van der Waals surface area contributed by atoms with Crippen molar-refractivity contribution in [1.82, 2.24) is 20.4 Å². The van der Waals surface area contributed by atoms with E-state index in [4.69, 9.17) is 4.42 Å². The Kier molecular flexibility index (Phi) is 3.04. The molecule has 2 N–H and O–H groups in total. The van der Waals surface area contributed by atoms with Gasteiger partial charge < -0.3 is 14.6 Å². The molecule has 7 heteroatoms. The lowest BCUT2D eigenvalue weighted by molar-refractivity contribution is 0.230. The second-order valence-electron chi connectivity index (χ2n) is 3.92. The van der Waals surface area contributed by atoms with Gasteiger partial charge in [-0.25, -0.2) is 4.79 Å². The molecule has 2 rings (SSSR count). The minimum atomic E-state index is -0.283. The number of hydrogen-bond acceptors (Lipinski definition) is 5. The van der Waals surface area contributed by atoms with Gasteiger partial charge in [-0.15, -0.1) is 5.10 Å². The fourth-order valence-corrected chi connectivity index (χ4v) is 1.52. The number of rotatable bonds is 2. The molecule has 0 aromatic carbocycles. The number of anilines is 1. The highest BCUT2D eigenvalue weighted by molar-refractivity contribution is 5.86. The molecule has 0 bridgehead atoms. The molecule has 7 nitrogen and oxygen atoms in total. The maximum Gasteiger partial charge on any atom is 0.324 e. The number of nitrogens with one attached hydrogen (secondary N) is 2. The molecule has 16 heavy (non-hydrogen) atoms. The van der Waals surface area contributed by atoms with Crippen LogP contribution in [0.3, 0.4) is 0 Å². The van der Waals surface area contributed by atoms with Crippen molar-refractivity contribution < 1.29 is 9.21 Å². The summed E-state index contributed by atoms with van der Waals surface area (Å²) in [6, 6.07) is -0.0190. The normalized spacial score (nSPS) is 19.8. The van der Waals surface area contributed by atoms with Gasteiger partial charge in [-0.1, -0.05) is 5.10 Å².